The lowest BCUT2D eigenvalue weighted by Gasteiger charge is -2.36. The van der Waals surface area contributed by atoms with E-state index >= 15 is 0 Å². The van der Waals surface area contributed by atoms with Crippen LogP contribution in [0.3, 0.4) is 0 Å². The Kier molecular flexibility index (Phi) is 5.69. The van der Waals surface area contributed by atoms with Crippen molar-refractivity contribution in [1.82, 2.24) is 4.90 Å². The third-order valence-electron chi connectivity index (χ3n) is 5.40. The number of piperazine rings is 1. The fraction of sp³-hybridized carbons (Fsp3) is 0.409. The molecule has 1 atom stereocenters. The molecule has 2 heterocycles. The Hall–Kier alpha value is -1.98. The van der Waals surface area contributed by atoms with Crippen molar-refractivity contribution in [1.29, 1.82) is 0 Å². The second kappa shape index (κ2) is 8.36. The minimum absolute atomic E-state index is 0.227. The van der Waals surface area contributed by atoms with E-state index in [1.165, 1.54) is 10.6 Å². The molecule has 0 N–H and O–H groups in total. The van der Waals surface area contributed by atoms with Crippen LogP contribution in [0, 0.1) is 0 Å². The van der Waals surface area contributed by atoms with Crippen molar-refractivity contribution in [2.45, 2.75) is 23.5 Å². The van der Waals surface area contributed by atoms with Crippen molar-refractivity contribution in [3.05, 3.63) is 54.6 Å². The van der Waals surface area contributed by atoms with Crippen LogP contribution in [0.15, 0.2) is 59.5 Å². The smallest absolute Gasteiger partial charge is 0.241 e. The van der Waals surface area contributed by atoms with Gasteiger partial charge >= 0.3 is 0 Å². The predicted molar refractivity (Wildman–Crippen MR) is 114 cm³/mol. The van der Waals surface area contributed by atoms with Gasteiger partial charge < -0.3 is 9.80 Å². The molecule has 2 aromatic carbocycles. The molecule has 142 valence electrons. The summed E-state index contributed by atoms with van der Waals surface area (Å²) in [6.07, 6.45) is 1.03. The van der Waals surface area contributed by atoms with Gasteiger partial charge in [-0.2, -0.15) is 0 Å². The Morgan fingerprint density at radius 2 is 1.67 bits per heavy atom. The third-order valence-corrected chi connectivity index (χ3v) is 6.63. The molecule has 2 aliphatic rings. The number of anilines is 2. The topological polar surface area (TPSA) is 26.8 Å². The van der Waals surface area contributed by atoms with Crippen molar-refractivity contribution in [3.8, 4) is 0 Å². The summed E-state index contributed by atoms with van der Waals surface area (Å²) in [4.78, 5) is 21.0. The normalized spacial score (nSPS) is 20.9. The number of fused-ring (bicyclic) bond motifs is 1. The number of carbonyl (C=O) groups excluding carboxylic acids is 1. The van der Waals surface area contributed by atoms with E-state index in [-0.39, 0.29) is 5.91 Å². The molecule has 1 amide bonds. The number of hydrogen-bond acceptors (Lipinski definition) is 4. The van der Waals surface area contributed by atoms with Crippen LogP contribution in [0.1, 0.15) is 13.3 Å². The Morgan fingerprint density at radius 3 is 2.44 bits per heavy atom. The summed E-state index contributed by atoms with van der Waals surface area (Å²) in [5, 5.41) is 0.540. The summed E-state index contributed by atoms with van der Waals surface area (Å²) < 4.78 is 0. The maximum absolute atomic E-state index is 13.1. The summed E-state index contributed by atoms with van der Waals surface area (Å²) in [6.45, 7) is 7.38. The van der Waals surface area contributed by atoms with E-state index < -0.39 is 0 Å². The van der Waals surface area contributed by atoms with E-state index in [2.05, 4.69) is 65.3 Å². The number of rotatable bonds is 3. The molecule has 0 aliphatic carbocycles. The zero-order chi connectivity index (χ0) is 18.6. The molecule has 27 heavy (non-hydrogen) atoms. The summed E-state index contributed by atoms with van der Waals surface area (Å²) in [5.41, 5.74) is 2.36. The predicted octanol–water partition coefficient (Wildman–Crippen LogP) is 3.73. The van der Waals surface area contributed by atoms with Crippen LogP contribution in [0.2, 0.25) is 0 Å². The average Bonchev–Trinajstić information content (AvgIpc) is 2.87. The number of para-hydroxylation sites is 2. The number of amides is 1. The van der Waals surface area contributed by atoms with Crippen LogP contribution < -0.4 is 9.80 Å². The van der Waals surface area contributed by atoms with Crippen LogP contribution in [0.25, 0.3) is 0 Å². The number of nitrogens with zero attached hydrogens (tertiary/aromatic N) is 3. The fourth-order valence-electron chi connectivity index (χ4n) is 3.83. The van der Waals surface area contributed by atoms with Gasteiger partial charge in [-0.05, 0) is 30.7 Å². The quantitative estimate of drug-likeness (QED) is 0.810. The highest BCUT2D eigenvalue weighted by Crippen LogP contribution is 2.37. The molecule has 4 rings (SSSR count). The lowest BCUT2D eigenvalue weighted by molar-refractivity contribution is -0.119. The van der Waals surface area contributed by atoms with Gasteiger partial charge in [0.2, 0.25) is 5.91 Å². The molecule has 0 unspecified atom stereocenters. The van der Waals surface area contributed by atoms with Crippen molar-refractivity contribution in [3.63, 3.8) is 0 Å². The molecule has 1 saturated heterocycles. The van der Waals surface area contributed by atoms with Gasteiger partial charge in [0, 0.05) is 48.6 Å². The van der Waals surface area contributed by atoms with E-state index in [4.69, 9.17) is 0 Å². The van der Waals surface area contributed by atoms with E-state index in [1.807, 2.05) is 22.7 Å². The van der Waals surface area contributed by atoms with Crippen LogP contribution in [-0.4, -0.2) is 55.3 Å². The van der Waals surface area contributed by atoms with Crippen molar-refractivity contribution in [2.75, 3.05) is 49.1 Å². The van der Waals surface area contributed by atoms with Gasteiger partial charge in [0.1, 0.15) is 0 Å². The summed E-state index contributed by atoms with van der Waals surface area (Å²) >= 11 is 1.88. The molecule has 0 bridgehead atoms. The molecule has 0 aromatic heterocycles. The van der Waals surface area contributed by atoms with Gasteiger partial charge in [0.25, 0.3) is 0 Å². The highest BCUT2D eigenvalue weighted by atomic mass is 32.2. The Labute approximate surface area is 166 Å². The van der Waals surface area contributed by atoms with Gasteiger partial charge in [0.15, 0.2) is 0 Å². The molecule has 2 aromatic rings. The third kappa shape index (κ3) is 4.30. The molecule has 0 radical (unpaired) electrons. The molecular weight excluding hydrogens is 354 g/mol. The zero-order valence-corrected chi connectivity index (χ0v) is 16.7. The van der Waals surface area contributed by atoms with Crippen LogP contribution in [-0.2, 0) is 4.79 Å². The SMILES string of the molecule is C[C@H]1CCN(C(=O)CN2CCN(c3ccccc3)CC2)c2ccccc2S1. The second-order valence-corrected chi connectivity index (χ2v) is 8.81. The van der Waals surface area contributed by atoms with Crippen molar-refractivity contribution < 1.29 is 4.79 Å². The summed E-state index contributed by atoms with van der Waals surface area (Å²) in [6, 6.07) is 18.9. The molecule has 4 nitrogen and oxygen atoms in total. The minimum atomic E-state index is 0.227. The van der Waals surface area contributed by atoms with Gasteiger partial charge in [-0.3, -0.25) is 9.69 Å². The Balaban J connectivity index is 1.39. The van der Waals surface area contributed by atoms with E-state index in [1.54, 1.807) is 0 Å². The largest absolute Gasteiger partial charge is 0.369 e. The molecule has 1 fully saturated rings. The first-order valence-electron chi connectivity index (χ1n) is 9.79. The Morgan fingerprint density at radius 1 is 0.963 bits per heavy atom. The highest BCUT2D eigenvalue weighted by Gasteiger charge is 2.26. The zero-order valence-electron chi connectivity index (χ0n) is 15.9. The average molecular weight is 382 g/mol. The Bertz CT molecular complexity index is 774. The lowest BCUT2D eigenvalue weighted by atomic mass is 10.2. The molecule has 2 aliphatic heterocycles. The highest BCUT2D eigenvalue weighted by molar-refractivity contribution is 8.00. The second-order valence-electron chi connectivity index (χ2n) is 7.33. The van der Waals surface area contributed by atoms with Crippen molar-refractivity contribution >= 4 is 29.0 Å². The summed E-state index contributed by atoms with van der Waals surface area (Å²) in [5.74, 6) is 0.227. The van der Waals surface area contributed by atoms with Crippen LogP contribution >= 0.6 is 11.8 Å². The molecule has 0 saturated carbocycles. The minimum Gasteiger partial charge on any atom is -0.369 e. The van der Waals surface area contributed by atoms with E-state index in [0.29, 0.717) is 11.8 Å². The first-order chi connectivity index (χ1) is 13.2. The maximum Gasteiger partial charge on any atom is 0.241 e. The maximum atomic E-state index is 13.1. The monoisotopic (exact) mass is 381 g/mol. The summed E-state index contributed by atoms with van der Waals surface area (Å²) in [7, 11) is 0. The number of carbonyl (C=O) groups is 1. The van der Waals surface area contributed by atoms with Gasteiger partial charge in [-0.25, -0.2) is 0 Å². The molecule has 0 spiro atoms. The fourth-order valence-corrected chi connectivity index (χ4v) is 4.94. The standard InChI is InChI=1S/C22H27N3OS/c1-18-11-12-25(20-9-5-6-10-21(20)27-18)22(26)17-23-13-15-24(16-14-23)19-7-3-2-4-8-19/h2-10,18H,11-17H2,1H3/t18-/m0/s1. The molecule has 5 heteroatoms. The van der Waals surface area contributed by atoms with Crippen molar-refractivity contribution in [2.24, 2.45) is 0 Å². The van der Waals surface area contributed by atoms with Gasteiger partial charge in [0.05, 0.1) is 12.2 Å². The van der Waals surface area contributed by atoms with E-state index in [0.717, 1.165) is 44.8 Å². The number of benzene rings is 2. The first-order valence-corrected chi connectivity index (χ1v) is 10.7. The van der Waals surface area contributed by atoms with Crippen LogP contribution in [0.5, 0.6) is 0 Å². The van der Waals surface area contributed by atoms with Gasteiger partial charge in [-0.1, -0.05) is 37.3 Å². The van der Waals surface area contributed by atoms with E-state index in [9.17, 15) is 4.79 Å². The number of thioether (sulfide) groups is 1. The lowest BCUT2D eigenvalue weighted by Crippen LogP contribution is -2.50. The van der Waals surface area contributed by atoms with Gasteiger partial charge in [-0.15, -0.1) is 11.8 Å². The van der Waals surface area contributed by atoms with Crippen LogP contribution in [0.4, 0.5) is 11.4 Å². The molecular formula is C22H27N3OS. The number of hydrogen-bond donors (Lipinski definition) is 0. The first kappa shape index (κ1) is 18.4.